The quantitative estimate of drug-likeness (QED) is 0.731. The van der Waals surface area contributed by atoms with Gasteiger partial charge in [-0.05, 0) is 60.7 Å². The first-order valence-electron chi connectivity index (χ1n) is 10.3. The number of benzene rings is 2. The molecule has 5 nitrogen and oxygen atoms in total. The van der Waals surface area contributed by atoms with E-state index in [1.807, 2.05) is 35.2 Å². The zero-order valence-corrected chi connectivity index (χ0v) is 17.0. The van der Waals surface area contributed by atoms with Crippen LogP contribution in [0, 0.1) is 5.92 Å². The smallest absolute Gasteiger partial charge is 0.229 e. The van der Waals surface area contributed by atoms with Crippen molar-refractivity contribution in [1.82, 2.24) is 4.90 Å². The first-order valence-corrected chi connectivity index (χ1v) is 10.7. The number of carbonyl (C=O) groups is 1. The van der Waals surface area contributed by atoms with Gasteiger partial charge in [0.05, 0.1) is 25.2 Å². The molecule has 29 heavy (non-hydrogen) atoms. The molecule has 2 aromatic rings. The summed E-state index contributed by atoms with van der Waals surface area (Å²) < 4.78 is 17.5. The minimum Gasteiger partial charge on any atom is -0.492 e. The molecule has 3 heterocycles. The van der Waals surface area contributed by atoms with Gasteiger partial charge in [-0.3, -0.25) is 4.79 Å². The summed E-state index contributed by atoms with van der Waals surface area (Å²) in [5.41, 5.74) is 2.12. The van der Waals surface area contributed by atoms with E-state index >= 15 is 0 Å². The molecule has 1 saturated heterocycles. The Hall–Kier alpha value is -2.40. The van der Waals surface area contributed by atoms with Gasteiger partial charge in [0.25, 0.3) is 0 Å². The molecule has 0 saturated carbocycles. The van der Waals surface area contributed by atoms with E-state index in [1.165, 1.54) is 0 Å². The topological polar surface area (TPSA) is 48.0 Å². The Bertz CT molecular complexity index is 931. The van der Waals surface area contributed by atoms with E-state index in [0.717, 1.165) is 54.2 Å². The standard InChI is InChI=1S/C23H24ClNO4/c24-18-5-7-20-16(12-18)11-17(14-29-20)23(26)25-8-1-3-19(25)15-4-6-21-22(13-15)28-10-2-9-27-21/h4-7,12-13,17,19H,1-3,8-11,14H2/t17-,19+/m0/s1. The number of nitrogens with zero attached hydrogens (tertiary/aromatic N) is 1. The summed E-state index contributed by atoms with van der Waals surface area (Å²) in [6, 6.07) is 11.8. The van der Waals surface area contributed by atoms with Crippen LogP contribution in [0.25, 0.3) is 0 Å². The highest BCUT2D eigenvalue weighted by atomic mass is 35.5. The van der Waals surface area contributed by atoms with Crippen LogP contribution >= 0.6 is 11.6 Å². The highest BCUT2D eigenvalue weighted by Gasteiger charge is 2.36. The Morgan fingerprint density at radius 3 is 2.69 bits per heavy atom. The maximum atomic E-state index is 13.4. The fraction of sp³-hybridized carbons (Fsp3) is 0.435. The molecule has 0 spiro atoms. The van der Waals surface area contributed by atoms with Gasteiger partial charge in [-0.25, -0.2) is 0 Å². The van der Waals surface area contributed by atoms with Crippen molar-refractivity contribution in [3.05, 3.63) is 52.5 Å². The number of hydrogen-bond acceptors (Lipinski definition) is 4. The predicted molar refractivity (Wildman–Crippen MR) is 110 cm³/mol. The van der Waals surface area contributed by atoms with E-state index in [1.54, 1.807) is 0 Å². The molecule has 0 radical (unpaired) electrons. The molecule has 1 amide bonds. The van der Waals surface area contributed by atoms with Crippen molar-refractivity contribution in [2.24, 2.45) is 5.92 Å². The third-order valence-corrected chi connectivity index (χ3v) is 6.21. The van der Waals surface area contributed by atoms with E-state index < -0.39 is 0 Å². The molecule has 0 aliphatic carbocycles. The first kappa shape index (κ1) is 18.6. The summed E-state index contributed by atoms with van der Waals surface area (Å²) in [6.07, 6.45) is 3.51. The molecule has 2 aromatic carbocycles. The molecule has 0 aromatic heterocycles. The second kappa shape index (κ2) is 7.79. The maximum absolute atomic E-state index is 13.4. The number of carbonyl (C=O) groups excluding carboxylic acids is 1. The summed E-state index contributed by atoms with van der Waals surface area (Å²) in [5.74, 6) is 2.38. The van der Waals surface area contributed by atoms with Crippen LogP contribution in [-0.2, 0) is 11.2 Å². The Morgan fingerprint density at radius 2 is 1.79 bits per heavy atom. The van der Waals surface area contributed by atoms with Gasteiger partial charge in [-0.15, -0.1) is 0 Å². The van der Waals surface area contributed by atoms with Gasteiger partial charge in [-0.1, -0.05) is 17.7 Å². The molecule has 5 rings (SSSR count). The molecule has 0 bridgehead atoms. The third-order valence-electron chi connectivity index (χ3n) is 5.97. The lowest BCUT2D eigenvalue weighted by Gasteiger charge is -2.32. The molecule has 152 valence electrons. The minimum atomic E-state index is -0.179. The maximum Gasteiger partial charge on any atom is 0.229 e. The normalized spacial score (nSPS) is 23.1. The second-order valence-electron chi connectivity index (χ2n) is 7.91. The number of amides is 1. The highest BCUT2D eigenvalue weighted by molar-refractivity contribution is 6.30. The summed E-state index contributed by atoms with van der Waals surface area (Å²) in [4.78, 5) is 15.4. The van der Waals surface area contributed by atoms with E-state index in [0.29, 0.717) is 31.3 Å². The number of likely N-dealkylation sites (tertiary alicyclic amines) is 1. The van der Waals surface area contributed by atoms with Gasteiger partial charge in [0, 0.05) is 18.0 Å². The average Bonchev–Trinajstić information content (AvgIpc) is 3.11. The molecular formula is C23H24ClNO4. The van der Waals surface area contributed by atoms with Crippen LogP contribution in [0.3, 0.4) is 0 Å². The molecule has 6 heteroatoms. The lowest BCUT2D eigenvalue weighted by Crippen LogP contribution is -2.40. The van der Waals surface area contributed by atoms with Gasteiger partial charge < -0.3 is 19.1 Å². The Kier molecular flexibility index (Phi) is 5.00. The third kappa shape index (κ3) is 3.64. The van der Waals surface area contributed by atoms with Crippen molar-refractivity contribution in [1.29, 1.82) is 0 Å². The Labute approximate surface area is 175 Å². The molecule has 3 aliphatic heterocycles. The Balaban J connectivity index is 1.36. The van der Waals surface area contributed by atoms with Crippen molar-refractivity contribution >= 4 is 17.5 Å². The van der Waals surface area contributed by atoms with Gasteiger partial charge in [0.15, 0.2) is 11.5 Å². The van der Waals surface area contributed by atoms with Crippen LogP contribution in [0.5, 0.6) is 17.2 Å². The summed E-state index contributed by atoms with van der Waals surface area (Å²) in [5, 5.41) is 0.673. The zero-order valence-electron chi connectivity index (χ0n) is 16.2. The highest BCUT2D eigenvalue weighted by Crippen LogP contribution is 2.39. The minimum absolute atomic E-state index is 0.0698. The predicted octanol–water partition coefficient (Wildman–Crippen LogP) is 4.42. The van der Waals surface area contributed by atoms with E-state index in [9.17, 15) is 4.79 Å². The SMILES string of the molecule is O=C([C@@H]1COc2ccc(Cl)cc2C1)N1CCC[C@@H]1c1ccc2c(c1)OCCCO2. The van der Waals surface area contributed by atoms with Crippen LogP contribution in [0.15, 0.2) is 36.4 Å². The fourth-order valence-corrected chi connectivity index (χ4v) is 4.72. The molecule has 2 atom stereocenters. The average molecular weight is 414 g/mol. The van der Waals surface area contributed by atoms with E-state index in [-0.39, 0.29) is 17.9 Å². The number of ether oxygens (including phenoxy) is 3. The monoisotopic (exact) mass is 413 g/mol. The van der Waals surface area contributed by atoms with Gasteiger partial charge in [-0.2, -0.15) is 0 Å². The lowest BCUT2D eigenvalue weighted by molar-refractivity contribution is -0.137. The molecule has 0 unspecified atom stereocenters. The molecule has 0 N–H and O–H groups in total. The number of halogens is 1. The summed E-state index contributed by atoms with van der Waals surface area (Å²) in [6.45, 7) is 2.52. The van der Waals surface area contributed by atoms with Crippen molar-refractivity contribution in [2.75, 3.05) is 26.4 Å². The van der Waals surface area contributed by atoms with E-state index in [4.69, 9.17) is 25.8 Å². The van der Waals surface area contributed by atoms with Gasteiger partial charge >= 0.3 is 0 Å². The summed E-state index contributed by atoms with van der Waals surface area (Å²) in [7, 11) is 0. The largest absolute Gasteiger partial charge is 0.492 e. The van der Waals surface area contributed by atoms with Crippen molar-refractivity contribution < 1.29 is 19.0 Å². The van der Waals surface area contributed by atoms with Crippen LogP contribution < -0.4 is 14.2 Å². The number of fused-ring (bicyclic) bond motifs is 2. The van der Waals surface area contributed by atoms with Crippen molar-refractivity contribution in [2.45, 2.75) is 31.7 Å². The van der Waals surface area contributed by atoms with E-state index in [2.05, 4.69) is 6.07 Å². The fourth-order valence-electron chi connectivity index (χ4n) is 4.52. The van der Waals surface area contributed by atoms with Gasteiger partial charge in [0.1, 0.15) is 12.4 Å². The molecule has 3 aliphatic rings. The zero-order chi connectivity index (χ0) is 19.8. The number of hydrogen-bond donors (Lipinski definition) is 0. The van der Waals surface area contributed by atoms with Crippen LogP contribution in [-0.4, -0.2) is 37.2 Å². The Morgan fingerprint density at radius 1 is 0.966 bits per heavy atom. The van der Waals surface area contributed by atoms with Gasteiger partial charge in [0.2, 0.25) is 5.91 Å². The summed E-state index contributed by atoms with van der Waals surface area (Å²) >= 11 is 6.13. The van der Waals surface area contributed by atoms with Crippen molar-refractivity contribution in [3.63, 3.8) is 0 Å². The second-order valence-corrected chi connectivity index (χ2v) is 8.35. The number of rotatable bonds is 2. The lowest BCUT2D eigenvalue weighted by atomic mass is 9.94. The van der Waals surface area contributed by atoms with Crippen molar-refractivity contribution in [3.8, 4) is 17.2 Å². The van der Waals surface area contributed by atoms with Crippen LogP contribution in [0.2, 0.25) is 5.02 Å². The van der Waals surface area contributed by atoms with Crippen LogP contribution in [0.1, 0.15) is 36.4 Å². The molecular weight excluding hydrogens is 390 g/mol. The van der Waals surface area contributed by atoms with Crippen LogP contribution in [0.4, 0.5) is 0 Å². The first-order chi connectivity index (χ1) is 14.2. The molecule has 1 fully saturated rings.